The van der Waals surface area contributed by atoms with E-state index in [0.717, 1.165) is 6.54 Å². The van der Waals surface area contributed by atoms with E-state index in [1.807, 2.05) is 11.5 Å². The number of hydrogen-bond donors (Lipinski definition) is 1. The molecule has 1 aromatic heterocycles. The SMILES string of the molecule is CCOC(=O)c1ccc(NC(=O)CSc2nncn2CC)cc1. The summed E-state index contributed by atoms with van der Waals surface area (Å²) in [7, 11) is 0. The van der Waals surface area contributed by atoms with Crippen LogP contribution >= 0.6 is 11.8 Å². The molecule has 1 heterocycles. The van der Waals surface area contributed by atoms with Crippen LogP contribution in [0, 0.1) is 0 Å². The molecule has 0 saturated carbocycles. The van der Waals surface area contributed by atoms with E-state index in [1.165, 1.54) is 11.8 Å². The molecule has 0 aliphatic heterocycles. The van der Waals surface area contributed by atoms with Crippen LogP contribution in [0.2, 0.25) is 0 Å². The van der Waals surface area contributed by atoms with Crippen molar-refractivity contribution in [2.75, 3.05) is 17.7 Å². The zero-order valence-corrected chi connectivity index (χ0v) is 13.8. The van der Waals surface area contributed by atoms with Crippen molar-refractivity contribution < 1.29 is 14.3 Å². The second-order valence-corrected chi connectivity index (χ2v) is 5.48. The first kappa shape index (κ1) is 17.0. The normalized spacial score (nSPS) is 10.3. The monoisotopic (exact) mass is 334 g/mol. The molecule has 7 nitrogen and oxygen atoms in total. The van der Waals surface area contributed by atoms with Crippen molar-refractivity contribution in [1.82, 2.24) is 14.8 Å². The standard InChI is InChI=1S/C15H18N4O3S/c1-3-19-10-16-18-15(19)23-9-13(20)17-12-7-5-11(6-8-12)14(21)22-4-2/h5-8,10H,3-4,9H2,1-2H3,(H,17,20). The van der Waals surface area contributed by atoms with E-state index in [2.05, 4.69) is 15.5 Å². The second-order valence-electron chi connectivity index (χ2n) is 4.53. The number of benzene rings is 1. The molecule has 23 heavy (non-hydrogen) atoms. The second kappa shape index (κ2) is 8.33. The van der Waals surface area contributed by atoms with Crippen LogP contribution in [0.3, 0.4) is 0 Å². The van der Waals surface area contributed by atoms with Crippen LogP contribution in [0.25, 0.3) is 0 Å². The fourth-order valence-electron chi connectivity index (χ4n) is 1.80. The Bertz CT molecular complexity index is 670. The van der Waals surface area contributed by atoms with E-state index in [0.29, 0.717) is 23.0 Å². The largest absolute Gasteiger partial charge is 0.462 e. The molecular formula is C15H18N4O3S. The Balaban J connectivity index is 1.86. The Hall–Kier alpha value is -2.35. The molecule has 0 unspecified atom stereocenters. The van der Waals surface area contributed by atoms with Gasteiger partial charge in [-0.15, -0.1) is 10.2 Å². The Labute approximate surface area is 138 Å². The lowest BCUT2D eigenvalue weighted by Gasteiger charge is -2.06. The number of aromatic nitrogens is 3. The Morgan fingerprint density at radius 2 is 2.00 bits per heavy atom. The average Bonchev–Trinajstić information content (AvgIpc) is 3.01. The molecule has 0 spiro atoms. The van der Waals surface area contributed by atoms with Gasteiger partial charge in [0.05, 0.1) is 17.9 Å². The van der Waals surface area contributed by atoms with Crippen LogP contribution < -0.4 is 5.32 Å². The van der Waals surface area contributed by atoms with Gasteiger partial charge in [-0.2, -0.15) is 0 Å². The fourth-order valence-corrected chi connectivity index (χ4v) is 2.58. The van der Waals surface area contributed by atoms with Gasteiger partial charge in [-0.25, -0.2) is 4.79 Å². The van der Waals surface area contributed by atoms with E-state index in [4.69, 9.17) is 4.74 Å². The van der Waals surface area contributed by atoms with E-state index in [9.17, 15) is 9.59 Å². The van der Waals surface area contributed by atoms with Gasteiger partial charge in [-0.1, -0.05) is 11.8 Å². The third kappa shape index (κ3) is 4.82. The molecule has 0 saturated heterocycles. The van der Waals surface area contributed by atoms with E-state index in [1.54, 1.807) is 37.5 Å². The van der Waals surface area contributed by atoms with Crippen molar-refractivity contribution in [2.45, 2.75) is 25.5 Å². The molecule has 122 valence electrons. The van der Waals surface area contributed by atoms with Crippen molar-refractivity contribution in [1.29, 1.82) is 0 Å². The summed E-state index contributed by atoms with van der Waals surface area (Å²) in [4.78, 5) is 23.5. The van der Waals surface area contributed by atoms with E-state index in [-0.39, 0.29) is 17.6 Å². The van der Waals surface area contributed by atoms with E-state index >= 15 is 0 Å². The number of hydrogen-bond acceptors (Lipinski definition) is 6. The van der Waals surface area contributed by atoms with E-state index < -0.39 is 0 Å². The number of carbonyl (C=O) groups is 2. The smallest absolute Gasteiger partial charge is 0.338 e. The van der Waals surface area contributed by atoms with Crippen LogP contribution in [-0.2, 0) is 16.1 Å². The number of thioether (sulfide) groups is 1. The predicted molar refractivity (Wildman–Crippen MR) is 87.4 cm³/mol. The van der Waals surface area contributed by atoms with Crippen molar-refractivity contribution in [2.24, 2.45) is 0 Å². The molecule has 2 rings (SSSR count). The van der Waals surface area contributed by atoms with Crippen LogP contribution in [0.1, 0.15) is 24.2 Å². The zero-order valence-electron chi connectivity index (χ0n) is 13.0. The summed E-state index contributed by atoms with van der Waals surface area (Å²) in [6.45, 7) is 4.82. The third-order valence-corrected chi connectivity index (χ3v) is 3.91. The zero-order chi connectivity index (χ0) is 16.7. The van der Waals surface area contributed by atoms with Crippen molar-refractivity contribution in [3.8, 4) is 0 Å². The number of nitrogens with zero attached hydrogens (tertiary/aromatic N) is 3. The molecule has 0 aliphatic rings. The van der Waals surface area contributed by atoms with Gasteiger partial charge in [-0.3, -0.25) is 4.79 Å². The van der Waals surface area contributed by atoms with Crippen LogP contribution in [0.5, 0.6) is 0 Å². The minimum absolute atomic E-state index is 0.149. The summed E-state index contributed by atoms with van der Waals surface area (Å²) >= 11 is 1.32. The molecule has 0 fully saturated rings. The van der Waals surface area contributed by atoms with Gasteiger partial charge in [0.15, 0.2) is 5.16 Å². The van der Waals surface area contributed by atoms with Crippen LogP contribution in [0.4, 0.5) is 5.69 Å². The summed E-state index contributed by atoms with van der Waals surface area (Å²) in [5, 5.41) is 11.3. The number of ether oxygens (including phenoxy) is 1. The summed E-state index contributed by atoms with van der Waals surface area (Å²) < 4.78 is 6.77. The highest BCUT2D eigenvalue weighted by Crippen LogP contribution is 2.16. The summed E-state index contributed by atoms with van der Waals surface area (Å²) in [5.74, 6) is -0.289. The highest BCUT2D eigenvalue weighted by atomic mass is 32.2. The number of esters is 1. The highest BCUT2D eigenvalue weighted by molar-refractivity contribution is 7.99. The van der Waals surface area contributed by atoms with Crippen molar-refractivity contribution in [3.63, 3.8) is 0 Å². The molecule has 1 aromatic carbocycles. The average molecular weight is 334 g/mol. The van der Waals surface area contributed by atoms with Gasteiger partial charge in [0.2, 0.25) is 5.91 Å². The Morgan fingerprint density at radius 1 is 1.26 bits per heavy atom. The van der Waals surface area contributed by atoms with Gasteiger partial charge in [0.1, 0.15) is 6.33 Å². The molecule has 8 heteroatoms. The third-order valence-electron chi connectivity index (χ3n) is 2.93. The fraction of sp³-hybridized carbons (Fsp3) is 0.333. The van der Waals surface area contributed by atoms with Gasteiger partial charge in [-0.05, 0) is 38.1 Å². The first-order chi connectivity index (χ1) is 11.1. The summed E-state index contributed by atoms with van der Waals surface area (Å²) in [5.41, 5.74) is 1.08. The minimum Gasteiger partial charge on any atom is -0.462 e. The topological polar surface area (TPSA) is 86.1 Å². The number of rotatable bonds is 7. The van der Waals surface area contributed by atoms with Gasteiger partial charge < -0.3 is 14.6 Å². The molecule has 1 N–H and O–H groups in total. The maximum Gasteiger partial charge on any atom is 0.338 e. The molecule has 0 aliphatic carbocycles. The molecular weight excluding hydrogens is 316 g/mol. The molecule has 2 aromatic rings. The minimum atomic E-state index is -0.375. The van der Waals surface area contributed by atoms with Gasteiger partial charge in [0.25, 0.3) is 0 Å². The quantitative estimate of drug-likeness (QED) is 0.617. The molecule has 0 bridgehead atoms. The lowest BCUT2D eigenvalue weighted by atomic mass is 10.2. The highest BCUT2D eigenvalue weighted by Gasteiger charge is 2.09. The molecule has 0 atom stereocenters. The predicted octanol–water partition coefficient (Wildman–Crippen LogP) is 2.21. The molecule has 1 amide bonds. The summed E-state index contributed by atoms with van der Waals surface area (Å²) in [6.07, 6.45) is 1.63. The van der Waals surface area contributed by atoms with Crippen molar-refractivity contribution in [3.05, 3.63) is 36.2 Å². The van der Waals surface area contributed by atoms with Crippen LogP contribution in [-0.4, -0.2) is 39.0 Å². The first-order valence-electron chi connectivity index (χ1n) is 7.21. The maximum absolute atomic E-state index is 11.9. The van der Waals surface area contributed by atoms with Crippen LogP contribution in [0.15, 0.2) is 35.7 Å². The number of aryl methyl sites for hydroxylation is 1. The Morgan fingerprint density at radius 3 is 2.65 bits per heavy atom. The first-order valence-corrected chi connectivity index (χ1v) is 8.20. The number of anilines is 1. The van der Waals surface area contributed by atoms with Gasteiger partial charge >= 0.3 is 5.97 Å². The Kier molecular flexibility index (Phi) is 6.16. The van der Waals surface area contributed by atoms with Gasteiger partial charge in [0, 0.05) is 12.2 Å². The number of carbonyl (C=O) groups excluding carboxylic acids is 2. The number of nitrogens with one attached hydrogen (secondary N) is 1. The lowest BCUT2D eigenvalue weighted by Crippen LogP contribution is -2.14. The molecule has 0 radical (unpaired) electrons. The number of amides is 1. The lowest BCUT2D eigenvalue weighted by molar-refractivity contribution is -0.113. The summed E-state index contributed by atoms with van der Waals surface area (Å²) in [6, 6.07) is 6.58. The maximum atomic E-state index is 11.9. The van der Waals surface area contributed by atoms with Crippen molar-refractivity contribution >= 4 is 29.3 Å².